The van der Waals surface area contributed by atoms with Gasteiger partial charge in [0.15, 0.2) is 14.8 Å². The van der Waals surface area contributed by atoms with Crippen molar-refractivity contribution in [3.05, 3.63) is 35.3 Å². The molecule has 17 heavy (non-hydrogen) atoms. The highest BCUT2D eigenvalue weighted by Crippen LogP contribution is 2.34. The number of fused-ring (bicyclic) bond motifs is 1. The van der Waals surface area contributed by atoms with Gasteiger partial charge < -0.3 is 5.11 Å². The molecule has 0 aromatic heterocycles. The van der Waals surface area contributed by atoms with Gasteiger partial charge in [0.05, 0.1) is 4.90 Å². The molecule has 86 valence electrons. The van der Waals surface area contributed by atoms with Crippen LogP contribution < -0.4 is 5.11 Å². The van der Waals surface area contributed by atoms with Crippen LogP contribution in [0.1, 0.15) is 0 Å². The molecule has 0 atom stereocenters. The predicted molar refractivity (Wildman–Crippen MR) is 61.2 cm³/mol. The summed E-state index contributed by atoms with van der Waals surface area (Å²) >= 11 is 0. The van der Waals surface area contributed by atoms with Crippen molar-refractivity contribution >= 4 is 26.3 Å². The summed E-state index contributed by atoms with van der Waals surface area (Å²) in [5.74, 6) is -0.490. The van der Waals surface area contributed by atoms with Gasteiger partial charge in [-0.05, 0) is 23.3 Å². The van der Waals surface area contributed by atoms with Crippen LogP contribution in [0.2, 0.25) is 0 Å². The maximum atomic E-state index is 11.8. The summed E-state index contributed by atoms with van der Waals surface area (Å²) in [6.45, 7) is 0. The Morgan fingerprint density at radius 2 is 1.88 bits per heavy atom. The summed E-state index contributed by atoms with van der Waals surface area (Å²) in [6.07, 6.45) is 1.08. The van der Waals surface area contributed by atoms with E-state index in [2.05, 4.69) is 4.98 Å². The van der Waals surface area contributed by atoms with Gasteiger partial charge >= 0.3 is 5.69 Å². The molecule has 0 N–H and O–H groups in total. The molecule has 0 saturated carbocycles. The highest BCUT2D eigenvalue weighted by atomic mass is 32.2. The molecule has 2 aromatic rings. The van der Waals surface area contributed by atoms with Crippen molar-refractivity contribution < 1.29 is 13.5 Å². The Balaban J connectivity index is 2.96. The molecule has 0 spiro atoms. The van der Waals surface area contributed by atoms with Crippen molar-refractivity contribution in [2.75, 3.05) is 6.26 Å². The second-order valence-corrected chi connectivity index (χ2v) is 5.62. The van der Waals surface area contributed by atoms with E-state index in [0.717, 1.165) is 6.26 Å². The maximum absolute atomic E-state index is 11.8. The van der Waals surface area contributed by atoms with E-state index in [1.165, 1.54) is 30.3 Å². The van der Waals surface area contributed by atoms with Crippen LogP contribution in [0.25, 0.3) is 15.7 Å². The minimum absolute atomic E-state index is 0.0941. The summed E-state index contributed by atoms with van der Waals surface area (Å²) in [6, 6.07) is 7.18. The Hall–Kier alpha value is -2.13. The van der Waals surface area contributed by atoms with Crippen LogP contribution in [-0.4, -0.2) is 14.7 Å². The third-order valence-electron chi connectivity index (χ3n) is 2.46. The lowest BCUT2D eigenvalue weighted by atomic mass is 10.1. The van der Waals surface area contributed by atoms with Gasteiger partial charge in [0.25, 0.3) is 0 Å². The molecule has 2 rings (SSSR count). The average molecular weight is 248 g/mol. The second-order valence-electron chi connectivity index (χ2n) is 3.64. The van der Waals surface area contributed by atoms with E-state index in [1.54, 1.807) is 0 Å². The molecule has 0 aliphatic carbocycles. The number of rotatable bonds is 1. The van der Waals surface area contributed by atoms with Crippen LogP contribution in [0.3, 0.4) is 0 Å². The zero-order valence-electron chi connectivity index (χ0n) is 8.91. The molecule has 0 aliphatic rings. The highest BCUT2D eigenvalue weighted by Gasteiger charge is 2.15. The third-order valence-corrected chi connectivity index (χ3v) is 3.61. The van der Waals surface area contributed by atoms with Gasteiger partial charge in [-0.3, -0.25) is 0 Å². The monoisotopic (exact) mass is 248 g/mol. The summed E-state index contributed by atoms with van der Waals surface area (Å²) in [4.78, 5) is 2.94. The molecule has 6 heteroatoms. The second kappa shape index (κ2) is 3.71. The zero-order valence-corrected chi connectivity index (χ0v) is 9.73. The van der Waals surface area contributed by atoms with Gasteiger partial charge in [-0.1, -0.05) is 12.1 Å². The van der Waals surface area contributed by atoms with Crippen LogP contribution in [0.5, 0.6) is 5.75 Å². The molecule has 2 aromatic carbocycles. The lowest BCUT2D eigenvalue weighted by molar-refractivity contribution is -0.264. The lowest BCUT2D eigenvalue weighted by Crippen LogP contribution is -1.99. The van der Waals surface area contributed by atoms with Gasteiger partial charge in [0.2, 0.25) is 5.39 Å². The lowest BCUT2D eigenvalue weighted by Gasteiger charge is -2.09. The Morgan fingerprint density at radius 3 is 2.47 bits per heavy atom. The number of sulfone groups is 1. The summed E-state index contributed by atoms with van der Waals surface area (Å²) in [5.41, 5.74) is -0.108. The SMILES string of the molecule is CS(=O)(=O)c1cccc2c([O-])c([N+]#N)ccc12. The summed E-state index contributed by atoms with van der Waals surface area (Å²) < 4.78 is 23.1. The normalized spacial score (nSPS) is 11.3. The quantitative estimate of drug-likeness (QED) is 0.720. The van der Waals surface area contributed by atoms with Crippen LogP contribution >= 0.6 is 0 Å². The van der Waals surface area contributed by atoms with Gasteiger partial charge in [-0.2, -0.15) is 0 Å². The molecular formula is C11H8N2O3S. The van der Waals surface area contributed by atoms with Crippen molar-refractivity contribution in [1.82, 2.24) is 0 Å². The van der Waals surface area contributed by atoms with Gasteiger partial charge in [-0.25, -0.2) is 8.42 Å². The minimum Gasteiger partial charge on any atom is -0.867 e. The van der Waals surface area contributed by atoms with E-state index < -0.39 is 15.6 Å². The first-order valence-corrected chi connectivity index (χ1v) is 6.62. The van der Waals surface area contributed by atoms with Crippen LogP contribution in [0.4, 0.5) is 5.69 Å². The topological polar surface area (TPSA) is 85.3 Å². The zero-order chi connectivity index (χ0) is 12.6. The summed E-state index contributed by atoms with van der Waals surface area (Å²) in [7, 11) is -3.40. The largest absolute Gasteiger partial charge is 0.867 e. The molecule has 0 heterocycles. The van der Waals surface area contributed by atoms with E-state index in [-0.39, 0.29) is 16.0 Å². The number of hydrogen-bond donors (Lipinski definition) is 0. The Bertz CT molecular complexity index is 745. The van der Waals surface area contributed by atoms with Crippen molar-refractivity contribution in [3.8, 4) is 5.75 Å². The van der Waals surface area contributed by atoms with Gasteiger partial charge in [0.1, 0.15) is 0 Å². The van der Waals surface area contributed by atoms with Crippen LogP contribution in [0.15, 0.2) is 35.2 Å². The first-order chi connectivity index (χ1) is 7.95. The molecular weight excluding hydrogens is 240 g/mol. The number of hydrogen-bond acceptors (Lipinski definition) is 4. The first-order valence-electron chi connectivity index (χ1n) is 4.73. The van der Waals surface area contributed by atoms with Crippen molar-refractivity contribution in [1.29, 1.82) is 5.39 Å². The fraction of sp³-hybridized carbons (Fsp3) is 0.0909. The first kappa shape index (κ1) is 11.4. The Labute approximate surface area is 97.9 Å². The van der Waals surface area contributed by atoms with Crippen molar-refractivity contribution in [3.63, 3.8) is 0 Å². The molecule has 5 nitrogen and oxygen atoms in total. The average Bonchev–Trinajstić information content (AvgIpc) is 2.28. The van der Waals surface area contributed by atoms with E-state index >= 15 is 0 Å². The molecule has 0 amide bonds. The molecule has 0 saturated heterocycles. The molecule has 0 radical (unpaired) electrons. The van der Waals surface area contributed by atoms with E-state index in [0.29, 0.717) is 5.39 Å². The van der Waals surface area contributed by atoms with E-state index in [9.17, 15) is 13.5 Å². The summed E-state index contributed by atoms with van der Waals surface area (Å²) in [5, 5.41) is 21.0. The Morgan fingerprint density at radius 1 is 1.18 bits per heavy atom. The smallest absolute Gasteiger partial charge is 0.378 e. The van der Waals surface area contributed by atoms with Gasteiger partial charge in [-0.15, -0.1) is 0 Å². The van der Waals surface area contributed by atoms with E-state index in [4.69, 9.17) is 5.39 Å². The standard InChI is InChI=1S/C11H8N2O3S/c1-17(15,16)10-4-2-3-8-7(10)5-6-9(13-12)11(8)14/h2-6H,1H3. The molecule has 0 bridgehead atoms. The van der Waals surface area contributed by atoms with E-state index in [1.807, 2.05) is 0 Å². The van der Waals surface area contributed by atoms with Gasteiger partial charge in [0, 0.05) is 17.7 Å². The van der Waals surface area contributed by atoms with Crippen molar-refractivity contribution in [2.45, 2.75) is 4.90 Å². The maximum Gasteiger partial charge on any atom is 0.378 e. The van der Waals surface area contributed by atoms with Crippen LogP contribution in [0, 0.1) is 5.39 Å². The fourth-order valence-electron chi connectivity index (χ4n) is 1.69. The third kappa shape index (κ3) is 1.81. The number of nitrogens with zero attached hydrogens (tertiary/aromatic N) is 2. The Kier molecular flexibility index (Phi) is 2.48. The van der Waals surface area contributed by atoms with Crippen molar-refractivity contribution in [2.24, 2.45) is 0 Å². The number of benzene rings is 2. The fourth-order valence-corrected chi connectivity index (χ4v) is 2.60. The van der Waals surface area contributed by atoms with Crippen LogP contribution in [-0.2, 0) is 9.84 Å². The molecule has 0 aliphatic heterocycles. The molecule has 0 fully saturated rings. The predicted octanol–water partition coefficient (Wildman–Crippen LogP) is 1.80. The number of diazo groups is 1. The highest BCUT2D eigenvalue weighted by molar-refractivity contribution is 7.91. The minimum atomic E-state index is -3.40. The molecule has 0 unspecified atom stereocenters.